The molecule has 0 amide bonds. The Morgan fingerprint density at radius 1 is 1.55 bits per heavy atom. The number of carbonyl (C=O) groups is 1. The molecule has 0 spiro atoms. The predicted octanol–water partition coefficient (Wildman–Crippen LogP) is 4.36. The van der Waals surface area contributed by atoms with Crippen LogP contribution in [-0.2, 0) is 15.1 Å². The molecule has 0 saturated carbocycles. The summed E-state index contributed by atoms with van der Waals surface area (Å²) in [6.45, 7) is 9.45. The Morgan fingerprint density at radius 2 is 2.30 bits per heavy atom. The second-order valence-electron chi connectivity index (χ2n) is 5.81. The monoisotopic (exact) mass is 274 g/mol. The first-order valence-electron chi connectivity index (χ1n) is 7.00. The van der Waals surface area contributed by atoms with Gasteiger partial charge in [0.15, 0.2) is 0 Å². The number of carbonyl (C=O) groups excluding carboxylic acids is 1. The lowest BCUT2D eigenvalue weighted by Gasteiger charge is -2.38. The quantitative estimate of drug-likeness (QED) is 0.465. The highest BCUT2D eigenvalue weighted by atomic mass is 16.6. The molecule has 0 N–H and O–H groups in total. The fourth-order valence-corrected chi connectivity index (χ4v) is 2.67. The molecule has 0 aromatic carbocycles. The molecule has 2 atom stereocenters. The molecule has 2 rings (SSSR count). The summed E-state index contributed by atoms with van der Waals surface area (Å²) < 4.78 is 11.0. The van der Waals surface area contributed by atoms with Crippen LogP contribution >= 0.6 is 0 Å². The van der Waals surface area contributed by atoms with E-state index in [1.54, 1.807) is 19.5 Å². The predicted molar refractivity (Wildman–Crippen MR) is 78.1 cm³/mol. The van der Waals surface area contributed by atoms with Gasteiger partial charge in [0.2, 0.25) is 0 Å². The molecule has 0 saturated heterocycles. The molecule has 1 aromatic rings. The van der Waals surface area contributed by atoms with Crippen LogP contribution in [0.4, 0.5) is 0 Å². The SMILES string of the molecule is C=C(C)C(=O)OC(C)(c1ccoc1)C1CC=C(C)CC1. The van der Waals surface area contributed by atoms with Crippen LogP contribution in [0.5, 0.6) is 0 Å². The average Bonchev–Trinajstić information content (AvgIpc) is 2.93. The summed E-state index contributed by atoms with van der Waals surface area (Å²) in [6.07, 6.45) is 8.48. The van der Waals surface area contributed by atoms with Crippen LogP contribution in [-0.4, -0.2) is 5.97 Å². The molecule has 0 radical (unpaired) electrons. The second-order valence-corrected chi connectivity index (χ2v) is 5.81. The molecule has 3 nitrogen and oxygen atoms in total. The van der Waals surface area contributed by atoms with Gasteiger partial charge in [0.25, 0.3) is 0 Å². The van der Waals surface area contributed by atoms with Crippen molar-refractivity contribution in [3.63, 3.8) is 0 Å². The van der Waals surface area contributed by atoms with E-state index in [0.29, 0.717) is 5.57 Å². The third-order valence-corrected chi connectivity index (χ3v) is 4.16. The summed E-state index contributed by atoms with van der Waals surface area (Å²) in [7, 11) is 0. The summed E-state index contributed by atoms with van der Waals surface area (Å²) >= 11 is 0. The van der Waals surface area contributed by atoms with Gasteiger partial charge in [-0.05, 0) is 46.1 Å². The van der Waals surface area contributed by atoms with Crippen molar-refractivity contribution in [1.29, 1.82) is 0 Å². The third kappa shape index (κ3) is 2.87. The fraction of sp³-hybridized carbons (Fsp3) is 0.471. The number of ether oxygens (including phenoxy) is 1. The van der Waals surface area contributed by atoms with Crippen LogP contribution in [0.1, 0.15) is 45.6 Å². The van der Waals surface area contributed by atoms with Crippen molar-refractivity contribution < 1.29 is 13.9 Å². The highest BCUT2D eigenvalue weighted by molar-refractivity contribution is 5.87. The minimum absolute atomic E-state index is 0.257. The lowest BCUT2D eigenvalue weighted by molar-refractivity contribution is -0.161. The Morgan fingerprint density at radius 3 is 2.80 bits per heavy atom. The zero-order valence-electron chi connectivity index (χ0n) is 12.4. The zero-order valence-corrected chi connectivity index (χ0v) is 12.4. The molecule has 108 valence electrons. The van der Waals surface area contributed by atoms with Gasteiger partial charge in [-0.1, -0.05) is 18.2 Å². The number of hydrogen-bond donors (Lipinski definition) is 0. The summed E-state index contributed by atoms with van der Waals surface area (Å²) in [6, 6.07) is 1.87. The second kappa shape index (κ2) is 5.70. The molecule has 3 heteroatoms. The van der Waals surface area contributed by atoms with E-state index in [1.165, 1.54) is 5.57 Å². The zero-order chi connectivity index (χ0) is 14.8. The molecule has 0 bridgehead atoms. The van der Waals surface area contributed by atoms with E-state index < -0.39 is 5.60 Å². The van der Waals surface area contributed by atoms with Gasteiger partial charge < -0.3 is 9.15 Å². The van der Waals surface area contributed by atoms with Crippen LogP contribution in [0.2, 0.25) is 0 Å². The number of hydrogen-bond acceptors (Lipinski definition) is 3. The van der Waals surface area contributed by atoms with E-state index in [-0.39, 0.29) is 11.9 Å². The van der Waals surface area contributed by atoms with Crippen LogP contribution in [0.25, 0.3) is 0 Å². The third-order valence-electron chi connectivity index (χ3n) is 4.16. The minimum Gasteiger partial charge on any atom is -0.472 e. The molecule has 1 aliphatic carbocycles. The molecule has 0 aliphatic heterocycles. The normalized spacial score (nSPS) is 21.8. The number of allylic oxidation sites excluding steroid dienone is 2. The summed E-state index contributed by atoms with van der Waals surface area (Å²) in [4.78, 5) is 12.0. The fourth-order valence-electron chi connectivity index (χ4n) is 2.67. The largest absolute Gasteiger partial charge is 0.472 e. The maximum absolute atomic E-state index is 12.0. The summed E-state index contributed by atoms with van der Waals surface area (Å²) in [5, 5.41) is 0. The van der Waals surface area contributed by atoms with Crippen molar-refractivity contribution in [2.75, 3.05) is 0 Å². The maximum atomic E-state index is 12.0. The van der Waals surface area contributed by atoms with Crippen molar-refractivity contribution >= 4 is 5.97 Å². The molecule has 1 heterocycles. The summed E-state index contributed by atoms with van der Waals surface area (Å²) in [5.74, 6) is -0.0907. The van der Waals surface area contributed by atoms with Crippen LogP contribution in [0, 0.1) is 5.92 Å². The van der Waals surface area contributed by atoms with Gasteiger partial charge in [-0.3, -0.25) is 0 Å². The average molecular weight is 274 g/mol. The smallest absolute Gasteiger partial charge is 0.334 e. The summed E-state index contributed by atoms with van der Waals surface area (Å²) in [5.41, 5.74) is 2.06. The van der Waals surface area contributed by atoms with Gasteiger partial charge >= 0.3 is 5.97 Å². The highest BCUT2D eigenvalue weighted by Crippen LogP contribution is 2.42. The topological polar surface area (TPSA) is 39.4 Å². The molecular weight excluding hydrogens is 252 g/mol. The Labute approximate surface area is 120 Å². The minimum atomic E-state index is -0.666. The lowest BCUT2D eigenvalue weighted by atomic mass is 9.75. The molecule has 2 unspecified atom stereocenters. The van der Waals surface area contributed by atoms with Crippen molar-refractivity contribution in [3.05, 3.63) is 48.0 Å². The van der Waals surface area contributed by atoms with Gasteiger partial charge in [0.05, 0.1) is 12.5 Å². The van der Waals surface area contributed by atoms with Crippen LogP contribution in [0.15, 0.2) is 46.8 Å². The lowest BCUT2D eigenvalue weighted by Crippen LogP contribution is -2.38. The first-order chi connectivity index (χ1) is 9.43. The molecular formula is C17H22O3. The van der Waals surface area contributed by atoms with E-state index in [4.69, 9.17) is 9.15 Å². The first kappa shape index (κ1) is 14.6. The first-order valence-corrected chi connectivity index (χ1v) is 7.00. The Kier molecular flexibility index (Phi) is 4.17. The van der Waals surface area contributed by atoms with Gasteiger partial charge in [-0.2, -0.15) is 0 Å². The van der Waals surface area contributed by atoms with E-state index in [9.17, 15) is 4.79 Å². The standard InChI is InChI=1S/C17H22O3/c1-12(2)16(18)20-17(4,15-9-10-19-11-15)14-7-5-13(3)6-8-14/h5,9-11,14H,1,6-8H2,2-4H3. The van der Waals surface area contributed by atoms with Crippen molar-refractivity contribution in [2.24, 2.45) is 5.92 Å². The molecule has 20 heavy (non-hydrogen) atoms. The van der Waals surface area contributed by atoms with Crippen molar-refractivity contribution in [3.8, 4) is 0 Å². The van der Waals surface area contributed by atoms with E-state index >= 15 is 0 Å². The Balaban J connectivity index is 2.29. The van der Waals surface area contributed by atoms with E-state index in [0.717, 1.165) is 24.8 Å². The van der Waals surface area contributed by atoms with Gasteiger partial charge in [-0.25, -0.2) is 4.79 Å². The maximum Gasteiger partial charge on any atom is 0.334 e. The number of rotatable bonds is 4. The Bertz CT molecular complexity index is 524. The molecule has 1 aliphatic rings. The van der Waals surface area contributed by atoms with Crippen molar-refractivity contribution in [1.82, 2.24) is 0 Å². The van der Waals surface area contributed by atoms with Crippen molar-refractivity contribution in [2.45, 2.75) is 45.6 Å². The number of furan rings is 1. The Hall–Kier alpha value is -1.77. The molecule has 0 fully saturated rings. The van der Waals surface area contributed by atoms with Crippen LogP contribution < -0.4 is 0 Å². The van der Waals surface area contributed by atoms with Crippen LogP contribution in [0.3, 0.4) is 0 Å². The van der Waals surface area contributed by atoms with E-state index in [2.05, 4.69) is 19.6 Å². The molecule has 1 aromatic heterocycles. The van der Waals surface area contributed by atoms with E-state index in [1.807, 2.05) is 13.0 Å². The highest BCUT2D eigenvalue weighted by Gasteiger charge is 2.40. The van der Waals surface area contributed by atoms with Gasteiger partial charge in [0.1, 0.15) is 5.60 Å². The number of esters is 1. The van der Waals surface area contributed by atoms with Gasteiger partial charge in [0, 0.05) is 17.1 Å². The van der Waals surface area contributed by atoms with Gasteiger partial charge in [-0.15, -0.1) is 0 Å².